The van der Waals surface area contributed by atoms with Crippen molar-refractivity contribution in [3.8, 4) is 0 Å². The Morgan fingerprint density at radius 2 is 1.92 bits per heavy atom. The maximum absolute atomic E-state index is 13.0. The van der Waals surface area contributed by atoms with Crippen molar-refractivity contribution in [3.63, 3.8) is 0 Å². The van der Waals surface area contributed by atoms with Gasteiger partial charge in [-0.3, -0.25) is 29.4 Å². The Balaban J connectivity index is 1.68. The third kappa shape index (κ3) is 2.48. The van der Waals surface area contributed by atoms with Gasteiger partial charge in [0.05, 0.1) is 16.8 Å². The monoisotopic (exact) mass is 357 g/mol. The topological polar surface area (TPSA) is 107 Å². The molecule has 2 saturated heterocycles. The number of carbonyl (C=O) groups is 4. The van der Waals surface area contributed by atoms with Gasteiger partial charge in [0.1, 0.15) is 6.04 Å². The van der Waals surface area contributed by atoms with E-state index in [2.05, 4.69) is 5.32 Å². The Morgan fingerprint density at radius 1 is 1.12 bits per heavy atom. The maximum Gasteiger partial charge on any atom is 0.264 e. The number of carbonyl (C=O) groups excluding carboxylic acids is 4. The molecule has 3 aliphatic rings. The van der Waals surface area contributed by atoms with Crippen molar-refractivity contribution in [3.05, 3.63) is 29.3 Å². The van der Waals surface area contributed by atoms with Crippen LogP contribution in [0.4, 0.5) is 5.69 Å². The van der Waals surface area contributed by atoms with Crippen LogP contribution in [0.1, 0.15) is 40.0 Å². The summed E-state index contributed by atoms with van der Waals surface area (Å²) in [7, 11) is 0. The number of benzene rings is 1. The molecule has 4 amide bonds. The second kappa shape index (κ2) is 6.21. The molecule has 136 valence electrons. The van der Waals surface area contributed by atoms with Crippen molar-refractivity contribution in [1.29, 1.82) is 0 Å². The number of anilines is 1. The Morgan fingerprint density at radius 3 is 2.62 bits per heavy atom. The molecule has 0 saturated carbocycles. The minimum Gasteiger partial charge on any atom is -0.396 e. The van der Waals surface area contributed by atoms with Gasteiger partial charge in [0.2, 0.25) is 11.8 Å². The van der Waals surface area contributed by atoms with E-state index in [1.807, 2.05) is 4.90 Å². The summed E-state index contributed by atoms with van der Waals surface area (Å²) in [6, 6.07) is 4.14. The van der Waals surface area contributed by atoms with E-state index in [0.29, 0.717) is 24.3 Å². The lowest BCUT2D eigenvalue weighted by atomic mass is 10.0. The van der Waals surface area contributed by atoms with Crippen LogP contribution in [0.5, 0.6) is 0 Å². The largest absolute Gasteiger partial charge is 0.396 e. The summed E-state index contributed by atoms with van der Waals surface area (Å²) in [4.78, 5) is 52.3. The van der Waals surface area contributed by atoms with Gasteiger partial charge in [0.25, 0.3) is 11.8 Å². The highest BCUT2D eigenvalue weighted by Gasteiger charge is 2.46. The first-order chi connectivity index (χ1) is 12.5. The molecule has 1 aromatic carbocycles. The summed E-state index contributed by atoms with van der Waals surface area (Å²) in [5, 5.41) is 11.5. The molecular weight excluding hydrogens is 338 g/mol. The van der Waals surface area contributed by atoms with Crippen molar-refractivity contribution >= 4 is 29.3 Å². The Kier molecular flexibility index (Phi) is 3.99. The van der Waals surface area contributed by atoms with Gasteiger partial charge in [-0.1, -0.05) is 6.07 Å². The SMILES string of the molecule is O=C1CCC(N2C(=O)c3cccc(N4CCC(CO)C4)c3C2=O)C(=O)N1. The van der Waals surface area contributed by atoms with Crippen molar-refractivity contribution in [1.82, 2.24) is 10.2 Å². The van der Waals surface area contributed by atoms with E-state index in [4.69, 9.17) is 0 Å². The second-order valence-electron chi connectivity index (χ2n) is 6.93. The molecule has 3 heterocycles. The molecule has 26 heavy (non-hydrogen) atoms. The average molecular weight is 357 g/mol. The van der Waals surface area contributed by atoms with Crippen LogP contribution in [-0.4, -0.2) is 59.4 Å². The van der Waals surface area contributed by atoms with Crippen LogP contribution >= 0.6 is 0 Å². The predicted octanol–water partition coefficient (Wildman–Crippen LogP) is -0.0936. The lowest BCUT2D eigenvalue weighted by Crippen LogP contribution is -2.54. The predicted molar refractivity (Wildman–Crippen MR) is 90.5 cm³/mol. The number of rotatable bonds is 3. The van der Waals surface area contributed by atoms with Crippen LogP contribution in [0.25, 0.3) is 0 Å². The number of aliphatic hydroxyl groups is 1. The summed E-state index contributed by atoms with van der Waals surface area (Å²) < 4.78 is 0. The van der Waals surface area contributed by atoms with Crippen LogP contribution in [0.3, 0.4) is 0 Å². The molecule has 8 heteroatoms. The fourth-order valence-electron chi connectivity index (χ4n) is 3.96. The van der Waals surface area contributed by atoms with Gasteiger partial charge in [-0.2, -0.15) is 0 Å². The van der Waals surface area contributed by atoms with E-state index in [0.717, 1.165) is 11.3 Å². The third-order valence-corrected chi connectivity index (χ3v) is 5.33. The fraction of sp³-hybridized carbons (Fsp3) is 0.444. The first-order valence-electron chi connectivity index (χ1n) is 8.71. The Bertz CT molecular complexity index is 821. The van der Waals surface area contributed by atoms with Crippen LogP contribution in [-0.2, 0) is 9.59 Å². The first-order valence-corrected chi connectivity index (χ1v) is 8.71. The molecular formula is C18H19N3O5. The number of hydrogen-bond donors (Lipinski definition) is 2. The molecule has 0 aromatic heterocycles. The highest BCUT2D eigenvalue weighted by Crippen LogP contribution is 2.36. The van der Waals surface area contributed by atoms with Gasteiger partial charge in [-0.15, -0.1) is 0 Å². The molecule has 0 bridgehead atoms. The van der Waals surface area contributed by atoms with E-state index < -0.39 is 29.7 Å². The van der Waals surface area contributed by atoms with E-state index >= 15 is 0 Å². The van der Waals surface area contributed by atoms with Crippen molar-refractivity contribution < 1.29 is 24.3 Å². The molecule has 2 fully saturated rings. The third-order valence-electron chi connectivity index (χ3n) is 5.33. The number of nitrogens with one attached hydrogen (secondary N) is 1. The summed E-state index contributed by atoms with van der Waals surface area (Å²) in [6.45, 7) is 1.40. The average Bonchev–Trinajstić information content (AvgIpc) is 3.20. The summed E-state index contributed by atoms with van der Waals surface area (Å²) in [5.74, 6) is -1.86. The molecule has 4 rings (SSSR count). The molecule has 1 aromatic rings. The van der Waals surface area contributed by atoms with Gasteiger partial charge in [-0.25, -0.2) is 0 Å². The van der Waals surface area contributed by atoms with Crippen molar-refractivity contribution in [2.75, 3.05) is 24.6 Å². The molecule has 2 unspecified atom stereocenters. The number of nitrogens with zero attached hydrogens (tertiary/aromatic N) is 2. The summed E-state index contributed by atoms with van der Waals surface area (Å²) in [6.07, 6.45) is 1.06. The van der Waals surface area contributed by atoms with Crippen molar-refractivity contribution in [2.24, 2.45) is 5.92 Å². The summed E-state index contributed by atoms with van der Waals surface area (Å²) >= 11 is 0. The smallest absolute Gasteiger partial charge is 0.264 e. The molecule has 2 atom stereocenters. The summed E-state index contributed by atoms with van der Waals surface area (Å²) in [5.41, 5.74) is 1.25. The number of amides is 4. The molecule has 3 aliphatic heterocycles. The van der Waals surface area contributed by atoms with E-state index in [1.165, 1.54) is 0 Å². The molecule has 0 spiro atoms. The fourth-order valence-corrected chi connectivity index (χ4v) is 3.96. The standard InChI is InChI=1S/C18H19N3O5/c22-9-10-6-7-20(8-10)12-3-1-2-11-15(12)18(26)21(17(11)25)13-4-5-14(23)19-16(13)24/h1-3,10,13,22H,4-9H2,(H,19,23,24). The number of imide groups is 2. The molecule has 0 aliphatic carbocycles. The molecule has 2 N–H and O–H groups in total. The number of fused-ring (bicyclic) bond motifs is 1. The van der Waals surface area contributed by atoms with Gasteiger partial charge in [-0.05, 0) is 25.0 Å². The minimum atomic E-state index is -0.961. The van der Waals surface area contributed by atoms with E-state index in [9.17, 15) is 24.3 Å². The van der Waals surface area contributed by atoms with Crippen molar-refractivity contribution in [2.45, 2.75) is 25.3 Å². The highest BCUT2D eigenvalue weighted by atomic mass is 16.3. The van der Waals surface area contributed by atoms with E-state index in [1.54, 1.807) is 18.2 Å². The van der Waals surface area contributed by atoms with Gasteiger partial charge >= 0.3 is 0 Å². The Hall–Kier alpha value is -2.74. The van der Waals surface area contributed by atoms with Gasteiger partial charge in [0.15, 0.2) is 0 Å². The zero-order valence-corrected chi connectivity index (χ0v) is 14.1. The van der Waals surface area contributed by atoms with Crippen LogP contribution < -0.4 is 10.2 Å². The normalized spacial score (nSPS) is 25.7. The van der Waals surface area contributed by atoms with Crippen LogP contribution in [0, 0.1) is 5.92 Å². The second-order valence-corrected chi connectivity index (χ2v) is 6.93. The quantitative estimate of drug-likeness (QED) is 0.732. The molecule has 0 radical (unpaired) electrons. The zero-order chi connectivity index (χ0) is 18.4. The highest BCUT2D eigenvalue weighted by molar-refractivity contribution is 6.25. The maximum atomic E-state index is 13.0. The molecule has 8 nitrogen and oxygen atoms in total. The van der Waals surface area contributed by atoms with Crippen LogP contribution in [0.15, 0.2) is 18.2 Å². The lowest BCUT2D eigenvalue weighted by molar-refractivity contribution is -0.136. The zero-order valence-electron chi connectivity index (χ0n) is 14.1. The minimum absolute atomic E-state index is 0.0841. The van der Waals surface area contributed by atoms with Gasteiger partial charge < -0.3 is 10.0 Å². The van der Waals surface area contributed by atoms with E-state index in [-0.39, 0.29) is 30.9 Å². The number of aliphatic hydroxyl groups excluding tert-OH is 1. The van der Waals surface area contributed by atoms with Crippen LogP contribution in [0.2, 0.25) is 0 Å². The number of hydrogen-bond acceptors (Lipinski definition) is 6. The lowest BCUT2D eigenvalue weighted by Gasteiger charge is -2.28. The number of piperidine rings is 1. The Labute approximate surface area is 149 Å². The first kappa shape index (κ1) is 16.7. The van der Waals surface area contributed by atoms with Gasteiger partial charge in [0, 0.05) is 32.0 Å².